The molecule has 0 saturated carbocycles. The van der Waals surface area contributed by atoms with Gasteiger partial charge >= 0.3 is 0 Å². The second-order valence-electron chi connectivity index (χ2n) is 4.94. The molecule has 112 valence electrons. The summed E-state index contributed by atoms with van der Waals surface area (Å²) in [6.45, 7) is 5.72. The highest BCUT2D eigenvalue weighted by Crippen LogP contribution is 2.28. The largest absolute Gasteiger partial charge is 0.495 e. The Balaban J connectivity index is 2.87. The highest BCUT2D eigenvalue weighted by Gasteiger charge is 2.12. The van der Waals surface area contributed by atoms with Crippen LogP contribution in [0.25, 0.3) is 0 Å². The van der Waals surface area contributed by atoms with Gasteiger partial charge in [0.15, 0.2) is 0 Å². The van der Waals surface area contributed by atoms with Crippen molar-refractivity contribution in [3.05, 3.63) is 23.8 Å². The van der Waals surface area contributed by atoms with E-state index in [9.17, 15) is 4.79 Å². The molecule has 1 aromatic rings. The summed E-state index contributed by atoms with van der Waals surface area (Å²) in [6.07, 6.45) is 0.707. The van der Waals surface area contributed by atoms with Gasteiger partial charge in [-0.1, -0.05) is 6.07 Å². The number of methoxy groups -OCH3 is 1. The lowest BCUT2D eigenvalue weighted by atomic mass is 10.1. The van der Waals surface area contributed by atoms with Gasteiger partial charge in [0, 0.05) is 25.6 Å². The van der Waals surface area contributed by atoms with Gasteiger partial charge in [0.1, 0.15) is 5.75 Å². The van der Waals surface area contributed by atoms with Crippen LogP contribution in [0.1, 0.15) is 38.8 Å². The standard InChI is InChI=1S/C15H24N2O3/c1-10(7-8-18)16-11(2)13-5-6-15(20-4)14(9-13)17-12(3)19/h5-6,9-11,16,18H,7-8H2,1-4H3,(H,17,19)/t10-,11?/m1/s1. The fourth-order valence-corrected chi connectivity index (χ4v) is 2.08. The van der Waals surface area contributed by atoms with Gasteiger partial charge in [0.25, 0.3) is 0 Å². The van der Waals surface area contributed by atoms with Crippen LogP contribution in [0.15, 0.2) is 18.2 Å². The van der Waals surface area contributed by atoms with Crippen LogP contribution < -0.4 is 15.4 Å². The lowest BCUT2D eigenvalue weighted by Gasteiger charge is -2.21. The summed E-state index contributed by atoms with van der Waals surface area (Å²) in [5.74, 6) is 0.509. The van der Waals surface area contributed by atoms with E-state index in [-0.39, 0.29) is 24.6 Å². The van der Waals surface area contributed by atoms with Crippen LogP contribution >= 0.6 is 0 Å². The number of aliphatic hydroxyl groups excluding tert-OH is 1. The Hall–Kier alpha value is -1.59. The second-order valence-corrected chi connectivity index (χ2v) is 4.94. The molecule has 0 bridgehead atoms. The smallest absolute Gasteiger partial charge is 0.221 e. The molecule has 0 aromatic heterocycles. The van der Waals surface area contributed by atoms with Crippen molar-refractivity contribution in [1.29, 1.82) is 0 Å². The summed E-state index contributed by atoms with van der Waals surface area (Å²) in [4.78, 5) is 11.2. The minimum Gasteiger partial charge on any atom is -0.495 e. The Morgan fingerprint density at radius 3 is 2.65 bits per heavy atom. The minimum absolute atomic E-state index is 0.120. The molecule has 1 rings (SSSR count). The number of hydrogen-bond donors (Lipinski definition) is 3. The Kier molecular flexibility index (Phi) is 6.48. The first-order valence-electron chi connectivity index (χ1n) is 6.80. The molecular weight excluding hydrogens is 256 g/mol. The number of ether oxygens (including phenoxy) is 1. The minimum atomic E-state index is -0.130. The van der Waals surface area contributed by atoms with Crippen LogP contribution in [0, 0.1) is 0 Å². The monoisotopic (exact) mass is 280 g/mol. The molecule has 0 spiro atoms. The Morgan fingerprint density at radius 1 is 1.40 bits per heavy atom. The Labute approximate surface area is 120 Å². The quantitative estimate of drug-likeness (QED) is 0.715. The fourth-order valence-electron chi connectivity index (χ4n) is 2.08. The maximum Gasteiger partial charge on any atom is 0.221 e. The highest BCUT2D eigenvalue weighted by molar-refractivity contribution is 5.90. The molecule has 0 aliphatic heterocycles. The number of carbonyl (C=O) groups is 1. The lowest BCUT2D eigenvalue weighted by molar-refractivity contribution is -0.114. The third-order valence-electron chi connectivity index (χ3n) is 3.13. The number of nitrogens with one attached hydrogen (secondary N) is 2. The van der Waals surface area contributed by atoms with E-state index in [1.54, 1.807) is 7.11 Å². The van der Waals surface area contributed by atoms with Gasteiger partial charge in [-0.2, -0.15) is 0 Å². The van der Waals surface area contributed by atoms with Crippen LogP contribution in [0.4, 0.5) is 5.69 Å². The Bertz CT molecular complexity index is 449. The number of carbonyl (C=O) groups excluding carboxylic acids is 1. The zero-order valence-corrected chi connectivity index (χ0v) is 12.6. The van der Waals surface area contributed by atoms with E-state index < -0.39 is 0 Å². The van der Waals surface area contributed by atoms with Crippen molar-refractivity contribution in [3.8, 4) is 5.75 Å². The molecule has 2 atom stereocenters. The maximum absolute atomic E-state index is 11.2. The number of amides is 1. The molecule has 20 heavy (non-hydrogen) atoms. The highest BCUT2D eigenvalue weighted by atomic mass is 16.5. The van der Waals surface area contributed by atoms with Crippen molar-refractivity contribution in [3.63, 3.8) is 0 Å². The molecule has 1 unspecified atom stereocenters. The molecule has 0 fully saturated rings. The van der Waals surface area contributed by atoms with Crippen LogP contribution in [0.3, 0.4) is 0 Å². The van der Waals surface area contributed by atoms with Crippen LogP contribution in [0.2, 0.25) is 0 Å². The first-order valence-corrected chi connectivity index (χ1v) is 6.80. The average molecular weight is 280 g/mol. The number of hydrogen-bond acceptors (Lipinski definition) is 4. The van der Waals surface area contributed by atoms with Gasteiger partial charge in [-0.25, -0.2) is 0 Å². The molecule has 5 nitrogen and oxygen atoms in total. The zero-order valence-electron chi connectivity index (χ0n) is 12.6. The van der Waals surface area contributed by atoms with Gasteiger partial charge in [-0.05, 0) is 38.0 Å². The van der Waals surface area contributed by atoms with Crippen LogP contribution in [-0.2, 0) is 4.79 Å². The van der Waals surface area contributed by atoms with E-state index in [4.69, 9.17) is 9.84 Å². The summed E-state index contributed by atoms with van der Waals surface area (Å²) in [5, 5.41) is 15.1. The molecule has 1 aromatic carbocycles. The van der Waals surface area contributed by atoms with Gasteiger partial charge in [-0.15, -0.1) is 0 Å². The van der Waals surface area contributed by atoms with Gasteiger partial charge < -0.3 is 20.5 Å². The van der Waals surface area contributed by atoms with Gasteiger partial charge in [0.05, 0.1) is 12.8 Å². The molecule has 1 amide bonds. The van der Waals surface area contributed by atoms with E-state index in [1.807, 2.05) is 32.0 Å². The van der Waals surface area contributed by atoms with Crippen molar-refractivity contribution in [2.45, 2.75) is 39.3 Å². The van der Waals surface area contributed by atoms with Crippen molar-refractivity contribution < 1.29 is 14.6 Å². The second kappa shape index (κ2) is 7.87. The Morgan fingerprint density at radius 2 is 2.10 bits per heavy atom. The number of anilines is 1. The summed E-state index contributed by atoms with van der Waals surface area (Å²) < 4.78 is 5.23. The van der Waals surface area contributed by atoms with Crippen LogP contribution in [0.5, 0.6) is 5.75 Å². The molecule has 5 heteroatoms. The van der Waals surface area contributed by atoms with E-state index >= 15 is 0 Å². The molecule has 0 saturated heterocycles. The van der Waals surface area contributed by atoms with E-state index in [0.29, 0.717) is 17.9 Å². The lowest BCUT2D eigenvalue weighted by Crippen LogP contribution is -2.29. The third kappa shape index (κ3) is 4.83. The third-order valence-corrected chi connectivity index (χ3v) is 3.13. The van der Waals surface area contributed by atoms with Crippen LogP contribution in [-0.4, -0.2) is 30.8 Å². The first-order chi connectivity index (χ1) is 9.47. The van der Waals surface area contributed by atoms with Crippen molar-refractivity contribution in [1.82, 2.24) is 5.32 Å². The van der Waals surface area contributed by atoms with Crippen molar-refractivity contribution in [2.75, 3.05) is 19.0 Å². The normalized spacial score (nSPS) is 13.7. The topological polar surface area (TPSA) is 70.6 Å². The van der Waals surface area contributed by atoms with E-state index in [0.717, 1.165) is 5.56 Å². The van der Waals surface area contributed by atoms with Gasteiger partial charge in [-0.3, -0.25) is 4.79 Å². The summed E-state index contributed by atoms with van der Waals surface area (Å²) in [5.41, 5.74) is 1.72. The molecular formula is C15H24N2O3. The average Bonchev–Trinajstić information content (AvgIpc) is 2.38. The SMILES string of the molecule is COc1ccc(C(C)N[C@H](C)CCO)cc1NC(C)=O. The molecule has 0 heterocycles. The first kappa shape index (κ1) is 16.5. The number of aliphatic hydroxyl groups is 1. The predicted octanol–water partition coefficient (Wildman–Crippen LogP) is 2.08. The van der Waals surface area contributed by atoms with Crippen molar-refractivity contribution >= 4 is 11.6 Å². The van der Waals surface area contributed by atoms with E-state index in [1.165, 1.54) is 6.92 Å². The maximum atomic E-state index is 11.2. The summed E-state index contributed by atoms with van der Waals surface area (Å²) in [7, 11) is 1.57. The summed E-state index contributed by atoms with van der Waals surface area (Å²) >= 11 is 0. The predicted molar refractivity (Wildman–Crippen MR) is 80.0 cm³/mol. The van der Waals surface area contributed by atoms with E-state index in [2.05, 4.69) is 10.6 Å². The molecule has 3 N–H and O–H groups in total. The van der Waals surface area contributed by atoms with Gasteiger partial charge in [0.2, 0.25) is 5.91 Å². The molecule has 0 aliphatic rings. The number of rotatable bonds is 7. The molecule has 0 aliphatic carbocycles. The zero-order chi connectivity index (χ0) is 15.1. The fraction of sp³-hybridized carbons (Fsp3) is 0.533. The number of benzene rings is 1. The van der Waals surface area contributed by atoms with Crippen molar-refractivity contribution in [2.24, 2.45) is 0 Å². The summed E-state index contributed by atoms with van der Waals surface area (Å²) in [6, 6.07) is 6.06. The molecule has 0 radical (unpaired) electrons.